The van der Waals surface area contributed by atoms with Gasteiger partial charge in [-0.1, -0.05) is 19.1 Å². The fourth-order valence-corrected chi connectivity index (χ4v) is 3.95. The molecule has 4 rings (SSSR count). The van der Waals surface area contributed by atoms with Crippen LogP contribution < -0.4 is 5.43 Å². The van der Waals surface area contributed by atoms with Crippen LogP contribution in [0.3, 0.4) is 0 Å². The predicted octanol–water partition coefficient (Wildman–Crippen LogP) is 2.37. The van der Waals surface area contributed by atoms with Crippen molar-refractivity contribution in [2.45, 2.75) is 39.0 Å². The Hall–Kier alpha value is -2.67. The summed E-state index contributed by atoms with van der Waals surface area (Å²) in [6.45, 7) is 3.88. The number of carbonyl (C=O) groups is 1. The van der Waals surface area contributed by atoms with E-state index in [2.05, 4.69) is 0 Å². The first kappa shape index (κ1) is 17.7. The normalized spacial score (nSPS) is 19.0. The fraction of sp³-hybridized carbons (Fsp3) is 0.400. The Morgan fingerprint density at radius 2 is 1.96 bits per heavy atom. The third-order valence-corrected chi connectivity index (χ3v) is 5.42. The Morgan fingerprint density at radius 3 is 2.67 bits per heavy atom. The second kappa shape index (κ2) is 6.81. The summed E-state index contributed by atoms with van der Waals surface area (Å²) in [5.74, 6) is -1.29. The van der Waals surface area contributed by atoms with Crippen molar-refractivity contribution in [3.05, 3.63) is 62.8 Å². The van der Waals surface area contributed by atoms with E-state index in [-0.39, 0.29) is 30.6 Å². The number of hydrogen-bond donors (Lipinski definition) is 1. The van der Waals surface area contributed by atoms with Crippen molar-refractivity contribution < 1.29 is 19.0 Å². The van der Waals surface area contributed by atoms with E-state index >= 15 is 0 Å². The smallest absolute Gasteiger partial charge is 0.274 e. The lowest BCUT2D eigenvalue weighted by atomic mass is 9.92. The molecule has 0 spiro atoms. The zero-order chi connectivity index (χ0) is 19.1. The van der Waals surface area contributed by atoms with Crippen LogP contribution in [-0.2, 0) is 24.4 Å². The van der Waals surface area contributed by atoms with Crippen LogP contribution in [0.5, 0.6) is 5.75 Å². The van der Waals surface area contributed by atoms with Crippen LogP contribution in [0.2, 0.25) is 0 Å². The molecule has 1 atom stereocenters. The van der Waals surface area contributed by atoms with Gasteiger partial charge in [0.25, 0.3) is 5.91 Å². The Labute approximate surface area is 155 Å². The van der Waals surface area contributed by atoms with Gasteiger partial charge in [-0.25, -0.2) is 4.39 Å². The van der Waals surface area contributed by atoms with E-state index in [1.165, 1.54) is 12.1 Å². The van der Waals surface area contributed by atoms with Crippen molar-refractivity contribution in [2.75, 3.05) is 13.2 Å². The van der Waals surface area contributed by atoms with E-state index in [1.54, 1.807) is 21.6 Å². The number of hydrogen-bond acceptors (Lipinski definition) is 4. The third-order valence-electron chi connectivity index (χ3n) is 5.42. The number of aromatic hydroxyl groups is 1. The molecule has 1 aromatic heterocycles. The monoisotopic (exact) mass is 372 g/mol. The van der Waals surface area contributed by atoms with Gasteiger partial charge in [0.2, 0.25) is 5.43 Å². The SMILES string of the molecule is CCC1COCc2c1c(=O)c(O)c1n2CCN(Cc2ccc(F)cc2)C1=O. The topological polar surface area (TPSA) is 71.8 Å². The van der Waals surface area contributed by atoms with Crippen LogP contribution in [0.15, 0.2) is 29.1 Å². The molecule has 1 N–H and O–H groups in total. The maximum Gasteiger partial charge on any atom is 0.274 e. The zero-order valence-electron chi connectivity index (χ0n) is 15.1. The number of halogens is 1. The lowest BCUT2D eigenvalue weighted by Crippen LogP contribution is -2.44. The summed E-state index contributed by atoms with van der Waals surface area (Å²) in [5.41, 5.74) is 1.61. The Morgan fingerprint density at radius 1 is 1.22 bits per heavy atom. The summed E-state index contributed by atoms with van der Waals surface area (Å²) in [6.07, 6.45) is 0.728. The molecule has 7 heteroatoms. The van der Waals surface area contributed by atoms with E-state index in [0.29, 0.717) is 31.0 Å². The van der Waals surface area contributed by atoms with Crippen LogP contribution >= 0.6 is 0 Å². The van der Waals surface area contributed by atoms with Gasteiger partial charge in [-0.3, -0.25) is 9.59 Å². The maximum absolute atomic E-state index is 13.1. The van der Waals surface area contributed by atoms with E-state index in [4.69, 9.17) is 4.74 Å². The fourth-order valence-electron chi connectivity index (χ4n) is 3.95. The van der Waals surface area contributed by atoms with Gasteiger partial charge in [-0.15, -0.1) is 0 Å². The number of fused-ring (bicyclic) bond motifs is 3. The lowest BCUT2D eigenvalue weighted by molar-refractivity contribution is 0.0635. The van der Waals surface area contributed by atoms with Crippen LogP contribution in [-0.4, -0.2) is 33.6 Å². The Kier molecular flexibility index (Phi) is 4.47. The standard InChI is InChI=1S/C20H21FN2O4/c1-2-13-10-27-11-15-16(13)18(24)19(25)17-20(26)22(7-8-23(15)17)9-12-3-5-14(21)6-4-12/h3-6,13,25H,2,7-11H2,1H3. The number of aromatic nitrogens is 1. The third kappa shape index (κ3) is 2.92. The summed E-state index contributed by atoms with van der Waals surface area (Å²) in [7, 11) is 0. The molecule has 0 radical (unpaired) electrons. The van der Waals surface area contributed by atoms with Gasteiger partial charge >= 0.3 is 0 Å². The molecule has 0 bridgehead atoms. The minimum atomic E-state index is -0.483. The minimum absolute atomic E-state index is 0.0208. The van der Waals surface area contributed by atoms with Crippen molar-refractivity contribution in [1.82, 2.24) is 9.47 Å². The van der Waals surface area contributed by atoms with E-state index < -0.39 is 17.1 Å². The van der Waals surface area contributed by atoms with Gasteiger partial charge in [0, 0.05) is 31.1 Å². The summed E-state index contributed by atoms with van der Waals surface area (Å²) in [6, 6.07) is 5.93. The maximum atomic E-state index is 13.1. The molecule has 0 fully saturated rings. The molecule has 0 aliphatic carbocycles. The van der Waals surface area contributed by atoms with E-state index in [9.17, 15) is 19.1 Å². The molecule has 1 amide bonds. The van der Waals surface area contributed by atoms with Gasteiger partial charge in [0.15, 0.2) is 11.4 Å². The highest BCUT2D eigenvalue weighted by Gasteiger charge is 2.35. The molecular formula is C20H21FN2O4. The number of ether oxygens (including phenoxy) is 1. The van der Waals surface area contributed by atoms with Gasteiger partial charge in [-0.05, 0) is 24.1 Å². The van der Waals surface area contributed by atoms with Gasteiger partial charge in [0.1, 0.15) is 5.82 Å². The highest BCUT2D eigenvalue weighted by Crippen LogP contribution is 2.32. The number of benzene rings is 1. The van der Waals surface area contributed by atoms with Crippen molar-refractivity contribution >= 4 is 5.91 Å². The lowest BCUT2D eigenvalue weighted by Gasteiger charge is -2.35. The van der Waals surface area contributed by atoms with Gasteiger partial charge in [-0.2, -0.15) is 0 Å². The van der Waals surface area contributed by atoms with Gasteiger partial charge in [0.05, 0.1) is 18.9 Å². The Balaban J connectivity index is 1.74. The summed E-state index contributed by atoms with van der Waals surface area (Å²) >= 11 is 0. The van der Waals surface area contributed by atoms with Crippen molar-refractivity contribution in [3.63, 3.8) is 0 Å². The van der Waals surface area contributed by atoms with Crippen LogP contribution in [0.25, 0.3) is 0 Å². The predicted molar refractivity (Wildman–Crippen MR) is 96.2 cm³/mol. The highest BCUT2D eigenvalue weighted by molar-refractivity contribution is 5.96. The minimum Gasteiger partial charge on any atom is -0.503 e. The summed E-state index contributed by atoms with van der Waals surface area (Å²) in [5, 5.41) is 10.5. The number of carbonyl (C=O) groups excluding carboxylic acids is 1. The molecule has 0 saturated heterocycles. The summed E-state index contributed by atoms with van der Waals surface area (Å²) in [4.78, 5) is 27.3. The highest BCUT2D eigenvalue weighted by atomic mass is 19.1. The average molecular weight is 372 g/mol. The molecular weight excluding hydrogens is 351 g/mol. The Bertz CT molecular complexity index is 952. The second-order valence-electron chi connectivity index (χ2n) is 7.01. The van der Waals surface area contributed by atoms with E-state index in [1.807, 2.05) is 6.92 Å². The number of amides is 1. The van der Waals surface area contributed by atoms with Crippen LogP contribution in [0, 0.1) is 5.82 Å². The first-order chi connectivity index (χ1) is 13.0. The zero-order valence-corrected chi connectivity index (χ0v) is 15.1. The number of rotatable bonds is 3. The van der Waals surface area contributed by atoms with Crippen molar-refractivity contribution in [2.24, 2.45) is 0 Å². The molecule has 3 heterocycles. The van der Waals surface area contributed by atoms with Crippen molar-refractivity contribution in [1.29, 1.82) is 0 Å². The molecule has 1 aromatic carbocycles. The molecule has 1 unspecified atom stereocenters. The molecule has 6 nitrogen and oxygen atoms in total. The first-order valence-corrected chi connectivity index (χ1v) is 9.11. The van der Waals surface area contributed by atoms with Crippen LogP contribution in [0.4, 0.5) is 4.39 Å². The summed E-state index contributed by atoms with van der Waals surface area (Å²) < 4.78 is 20.5. The van der Waals surface area contributed by atoms with Gasteiger partial charge < -0.3 is 19.3 Å². The molecule has 142 valence electrons. The van der Waals surface area contributed by atoms with Crippen LogP contribution in [0.1, 0.15) is 46.6 Å². The average Bonchev–Trinajstić information content (AvgIpc) is 2.68. The van der Waals surface area contributed by atoms with E-state index in [0.717, 1.165) is 12.0 Å². The largest absolute Gasteiger partial charge is 0.503 e. The second-order valence-corrected chi connectivity index (χ2v) is 7.01. The first-order valence-electron chi connectivity index (χ1n) is 9.11. The van der Waals surface area contributed by atoms with Crippen molar-refractivity contribution in [3.8, 4) is 5.75 Å². The quantitative estimate of drug-likeness (QED) is 0.898. The number of nitrogens with zero attached hydrogens (tertiary/aromatic N) is 2. The molecule has 0 saturated carbocycles. The molecule has 2 aliphatic heterocycles. The molecule has 2 aromatic rings. The molecule has 2 aliphatic rings. The number of pyridine rings is 1. The molecule has 27 heavy (non-hydrogen) atoms.